The van der Waals surface area contributed by atoms with Crippen molar-refractivity contribution in [3.05, 3.63) is 59.4 Å². The lowest BCUT2D eigenvalue weighted by Crippen LogP contribution is -2.53. The highest BCUT2D eigenvalue weighted by atomic mass is 35.5. The van der Waals surface area contributed by atoms with E-state index >= 15 is 0 Å². The van der Waals surface area contributed by atoms with Gasteiger partial charge in [-0.05, 0) is 61.0 Å². The van der Waals surface area contributed by atoms with Gasteiger partial charge in [0.05, 0.1) is 17.9 Å². The van der Waals surface area contributed by atoms with Crippen molar-refractivity contribution in [3.8, 4) is 0 Å². The van der Waals surface area contributed by atoms with E-state index in [-0.39, 0.29) is 30.6 Å². The number of halogens is 1. The van der Waals surface area contributed by atoms with Gasteiger partial charge < -0.3 is 5.32 Å². The number of nitrogens with zero attached hydrogens (tertiary/aromatic N) is 3. The first-order chi connectivity index (χ1) is 16.1. The standard InChI is InChI=1S/C25H25N5O3.ClH/c31-22-7-6-21(24(32)28-22)30-20-5-4-16(18-2-1-3-19(23(18)20)25(30)33)12-15-13-27-29(14-15)17-8-10-26-11-9-17;/h1-5,13-14,17,21,26H,6-12H2,(H,28,31,32);1H. The average Bonchev–Trinajstić information content (AvgIpc) is 3.41. The highest BCUT2D eigenvalue weighted by Crippen LogP contribution is 2.41. The van der Waals surface area contributed by atoms with Crippen molar-refractivity contribution in [2.45, 2.75) is 44.2 Å². The highest BCUT2D eigenvalue weighted by molar-refractivity contribution is 6.27. The summed E-state index contributed by atoms with van der Waals surface area (Å²) in [5, 5.41) is 12.3. The maximum Gasteiger partial charge on any atom is 0.259 e. The SMILES string of the molecule is Cl.O=C1CCC(N2C(=O)c3cccc4c(Cc5cnn(C6CCNCC6)c5)ccc2c34)C(=O)N1. The Kier molecular flexibility index (Phi) is 5.87. The number of rotatable bonds is 4. The van der Waals surface area contributed by atoms with Crippen LogP contribution >= 0.6 is 12.4 Å². The number of benzene rings is 2. The summed E-state index contributed by atoms with van der Waals surface area (Å²) in [7, 11) is 0. The summed E-state index contributed by atoms with van der Waals surface area (Å²) in [6, 6.07) is 9.51. The second kappa shape index (κ2) is 8.85. The number of imide groups is 1. The van der Waals surface area contributed by atoms with E-state index in [2.05, 4.69) is 26.6 Å². The minimum Gasteiger partial charge on any atom is -0.317 e. The molecule has 0 aliphatic carbocycles. The molecule has 1 unspecified atom stereocenters. The fourth-order valence-electron chi connectivity index (χ4n) is 5.42. The average molecular weight is 480 g/mol. The van der Waals surface area contributed by atoms with Gasteiger partial charge in [-0.15, -0.1) is 12.4 Å². The Balaban J connectivity index is 0.00000241. The van der Waals surface area contributed by atoms with Crippen LogP contribution in [0.3, 0.4) is 0 Å². The van der Waals surface area contributed by atoms with Crippen LogP contribution in [0.25, 0.3) is 10.8 Å². The zero-order valence-electron chi connectivity index (χ0n) is 18.6. The van der Waals surface area contributed by atoms with Crippen LogP contribution in [0.4, 0.5) is 5.69 Å². The van der Waals surface area contributed by atoms with Crippen LogP contribution in [-0.4, -0.2) is 46.6 Å². The van der Waals surface area contributed by atoms with Gasteiger partial charge in [-0.1, -0.05) is 18.2 Å². The quantitative estimate of drug-likeness (QED) is 0.561. The monoisotopic (exact) mass is 479 g/mol. The molecule has 2 fully saturated rings. The lowest BCUT2D eigenvalue weighted by atomic mass is 9.97. The van der Waals surface area contributed by atoms with Crippen molar-refractivity contribution in [2.24, 2.45) is 0 Å². The Bertz CT molecular complexity index is 1300. The molecule has 8 nitrogen and oxygen atoms in total. The van der Waals surface area contributed by atoms with Gasteiger partial charge in [0, 0.05) is 30.0 Å². The summed E-state index contributed by atoms with van der Waals surface area (Å²) in [5.74, 6) is -0.873. The first kappa shape index (κ1) is 22.6. The molecule has 34 heavy (non-hydrogen) atoms. The van der Waals surface area contributed by atoms with Crippen molar-refractivity contribution < 1.29 is 14.4 Å². The number of anilines is 1. The lowest BCUT2D eigenvalue weighted by Gasteiger charge is -2.30. The fraction of sp³-hybridized carbons (Fsp3) is 0.360. The second-order valence-corrected chi connectivity index (χ2v) is 9.10. The molecule has 2 saturated heterocycles. The number of carbonyl (C=O) groups is 3. The Morgan fingerprint density at radius 2 is 1.85 bits per heavy atom. The number of piperidine rings is 2. The molecule has 6 rings (SSSR count). The number of hydrogen-bond acceptors (Lipinski definition) is 5. The van der Waals surface area contributed by atoms with Crippen molar-refractivity contribution in [3.63, 3.8) is 0 Å². The van der Waals surface area contributed by atoms with Gasteiger partial charge in [0.25, 0.3) is 5.91 Å². The lowest BCUT2D eigenvalue weighted by molar-refractivity contribution is -0.134. The smallest absolute Gasteiger partial charge is 0.259 e. The summed E-state index contributed by atoms with van der Waals surface area (Å²) >= 11 is 0. The summed E-state index contributed by atoms with van der Waals surface area (Å²) in [6.45, 7) is 2.04. The van der Waals surface area contributed by atoms with E-state index in [1.54, 1.807) is 4.90 Å². The van der Waals surface area contributed by atoms with Gasteiger partial charge >= 0.3 is 0 Å². The van der Waals surface area contributed by atoms with E-state index < -0.39 is 11.9 Å². The molecule has 3 aliphatic rings. The number of nitrogens with one attached hydrogen (secondary N) is 2. The molecule has 0 bridgehead atoms. The number of hydrogen-bond donors (Lipinski definition) is 2. The van der Waals surface area contributed by atoms with E-state index in [1.807, 2.05) is 36.5 Å². The zero-order chi connectivity index (χ0) is 22.5. The molecule has 0 spiro atoms. The van der Waals surface area contributed by atoms with Crippen LogP contribution in [0, 0.1) is 0 Å². The van der Waals surface area contributed by atoms with Gasteiger partial charge in [-0.3, -0.25) is 29.3 Å². The molecule has 3 amide bonds. The first-order valence-corrected chi connectivity index (χ1v) is 11.6. The summed E-state index contributed by atoms with van der Waals surface area (Å²) < 4.78 is 2.09. The molecular weight excluding hydrogens is 454 g/mol. The Morgan fingerprint density at radius 1 is 1.03 bits per heavy atom. The molecule has 3 aliphatic heterocycles. The Hall–Kier alpha value is -3.23. The van der Waals surface area contributed by atoms with E-state index in [0.29, 0.717) is 18.0 Å². The number of carbonyl (C=O) groups excluding carboxylic acids is 3. The Morgan fingerprint density at radius 3 is 2.65 bits per heavy atom. The van der Waals surface area contributed by atoms with Crippen molar-refractivity contribution >= 4 is 46.6 Å². The molecule has 1 aromatic heterocycles. The molecule has 1 atom stereocenters. The maximum absolute atomic E-state index is 13.3. The number of amides is 3. The van der Waals surface area contributed by atoms with E-state index in [1.165, 1.54) is 0 Å². The topological polar surface area (TPSA) is 96.3 Å². The van der Waals surface area contributed by atoms with E-state index in [4.69, 9.17) is 0 Å². The maximum atomic E-state index is 13.3. The molecule has 0 saturated carbocycles. The van der Waals surface area contributed by atoms with Crippen molar-refractivity contribution in [1.29, 1.82) is 0 Å². The fourth-order valence-corrected chi connectivity index (χ4v) is 5.42. The molecule has 176 valence electrons. The van der Waals surface area contributed by atoms with Gasteiger partial charge in [0.15, 0.2) is 0 Å². The molecule has 4 heterocycles. The molecule has 2 N–H and O–H groups in total. The third-order valence-corrected chi connectivity index (χ3v) is 7.07. The van der Waals surface area contributed by atoms with Crippen LogP contribution in [0.1, 0.15) is 53.2 Å². The van der Waals surface area contributed by atoms with Crippen LogP contribution in [0.15, 0.2) is 42.7 Å². The molecule has 2 aromatic carbocycles. The predicted molar refractivity (Wildman–Crippen MR) is 130 cm³/mol. The number of aromatic nitrogens is 2. The third-order valence-electron chi connectivity index (χ3n) is 7.07. The van der Waals surface area contributed by atoms with Crippen molar-refractivity contribution in [2.75, 3.05) is 18.0 Å². The normalized spacial score (nSPS) is 20.5. The largest absolute Gasteiger partial charge is 0.317 e. The van der Waals surface area contributed by atoms with Crippen LogP contribution in [0.2, 0.25) is 0 Å². The van der Waals surface area contributed by atoms with Gasteiger partial charge in [0.1, 0.15) is 6.04 Å². The Labute approximate surface area is 203 Å². The van der Waals surface area contributed by atoms with Gasteiger partial charge in [-0.2, -0.15) is 5.10 Å². The highest BCUT2D eigenvalue weighted by Gasteiger charge is 2.40. The predicted octanol–water partition coefficient (Wildman–Crippen LogP) is 2.74. The zero-order valence-corrected chi connectivity index (χ0v) is 19.4. The second-order valence-electron chi connectivity index (χ2n) is 9.10. The minimum absolute atomic E-state index is 0. The molecule has 3 aromatic rings. The van der Waals surface area contributed by atoms with Gasteiger partial charge in [-0.25, -0.2) is 0 Å². The third kappa shape index (κ3) is 3.67. The first-order valence-electron chi connectivity index (χ1n) is 11.6. The van der Waals surface area contributed by atoms with E-state index in [0.717, 1.165) is 59.9 Å². The molecule has 0 radical (unpaired) electrons. The molecule has 9 heteroatoms. The van der Waals surface area contributed by atoms with Gasteiger partial charge in [0.2, 0.25) is 11.8 Å². The minimum atomic E-state index is -0.667. The van der Waals surface area contributed by atoms with Crippen LogP contribution < -0.4 is 15.5 Å². The van der Waals surface area contributed by atoms with Crippen LogP contribution in [-0.2, 0) is 16.0 Å². The summed E-state index contributed by atoms with van der Waals surface area (Å²) in [6.07, 6.45) is 7.53. The van der Waals surface area contributed by atoms with Crippen molar-refractivity contribution in [1.82, 2.24) is 20.4 Å². The molecular formula is C25H26ClN5O3. The summed E-state index contributed by atoms with van der Waals surface area (Å²) in [4.78, 5) is 39.0. The van der Waals surface area contributed by atoms with E-state index in [9.17, 15) is 14.4 Å². The summed E-state index contributed by atoms with van der Waals surface area (Å²) in [5.41, 5.74) is 3.62. The van der Waals surface area contributed by atoms with Crippen LogP contribution in [0.5, 0.6) is 0 Å².